The second-order valence-electron chi connectivity index (χ2n) is 17.1. The van der Waals surface area contributed by atoms with Gasteiger partial charge in [0.15, 0.2) is 0 Å². The molecule has 5 amide bonds. The molecule has 4 atom stereocenters. The fraction of sp³-hybridized carbons (Fsp3) is 0.622. The van der Waals surface area contributed by atoms with Crippen molar-refractivity contribution in [2.75, 3.05) is 44.6 Å². The van der Waals surface area contributed by atoms with Crippen molar-refractivity contribution in [2.24, 2.45) is 23.7 Å². The highest BCUT2D eigenvalue weighted by Gasteiger charge is 2.56. The molecule has 15 nitrogen and oxygen atoms in total. The minimum Gasteiger partial charge on any atom is -0.444 e. The number of amides is 5. The number of ether oxygens (including phenoxy) is 2. The van der Waals surface area contributed by atoms with E-state index in [0.29, 0.717) is 43.7 Å². The number of piperidine rings is 1. The van der Waals surface area contributed by atoms with E-state index in [4.69, 9.17) is 9.47 Å². The molecule has 0 radical (unpaired) electrons. The number of benzene rings is 1. The average Bonchev–Trinajstić information content (AvgIpc) is 3.40. The first-order valence-corrected chi connectivity index (χ1v) is 18.0. The fourth-order valence-electron chi connectivity index (χ4n) is 7.61. The Bertz CT molecular complexity index is 1740. The molecule has 2 unspecified atom stereocenters. The average molecular weight is 721 g/mol. The van der Waals surface area contributed by atoms with Gasteiger partial charge in [-0.15, -0.1) is 0 Å². The fourth-order valence-corrected chi connectivity index (χ4v) is 7.61. The highest BCUT2D eigenvalue weighted by atomic mass is 16.6. The summed E-state index contributed by atoms with van der Waals surface area (Å²) in [6.45, 7) is 18.7. The summed E-state index contributed by atoms with van der Waals surface area (Å²) < 4.78 is 12.1. The maximum absolute atomic E-state index is 13.3. The van der Waals surface area contributed by atoms with Gasteiger partial charge in [0, 0.05) is 69.9 Å². The summed E-state index contributed by atoms with van der Waals surface area (Å²) in [5, 5.41) is 8.44. The lowest BCUT2D eigenvalue weighted by atomic mass is 10.0. The van der Waals surface area contributed by atoms with Gasteiger partial charge in [-0.2, -0.15) is 4.98 Å². The van der Waals surface area contributed by atoms with Crippen LogP contribution in [-0.4, -0.2) is 110 Å². The molecular weight excluding hydrogens is 668 g/mol. The van der Waals surface area contributed by atoms with Gasteiger partial charge in [0.1, 0.15) is 22.6 Å². The van der Waals surface area contributed by atoms with Crippen molar-refractivity contribution in [1.29, 1.82) is 0 Å². The predicted octanol–water partition coefficient (Wildman–Crippen LogP) is 3.41. The van der Waals surface area contributed by atoms with Gasteiger partial charge in [-0.1, -0.05) is 12.1 Å². The predicted molar refractivity (Wildman–Crippen MR) is 193 cm³/mol. The van der Waals surface area contributed by atoms with Crippen molar-refractivity contribution in [1.82, 2.24) is 34.9 Å². The van der Waals surface area contributed by atoms with Gasteiger partial charge >= 0.3 is 23.9 Å². The molecular formula is C37H52N8O7. The summed E-state index contributed by atoms with van der Waals surface area (Å²) >= 11 is 0. The number of urea groups is 1. The van der Waals surface area contributed by atoms with Crippen LogP contribution in [0.15, 0.2) is 41.3 Å². The summed E-state index contributed by atoms with van der Waals surface area (Å²) in [5.74, 6) is 1.05. The molecule has 0 bridgehead atoms. The van der Waals surface area contributed by atoms with E-state index in [2.05, 4.69) is 25.8 Å². The first-order chi connectivity index (χ1) is 24.2. The van der Waals surface area contributed by atoms with E-state index in [1.54, 1.807) is 56.7 Å². The van der Waals surface area contributed by atoms with Crippen LogP contribution < -0.4 is 21.6 Å². The molecule has 4 aliphatic rings. The van der Waals surface area contributed by atoms with Gasteiger partial charge in [-0.05, 0) is 91.0 Å². The van der Waals surface area contributed by atoms with Crippen molar-refractivity contribution in [3.63, 3.8) is 0 Å². The van der Waals surface area contributed by atoms with Gasteiger partial charge in [0.05, 0.1) is 5.69 Å². The lowest BCUT2D eigenvalue weighted by Gasteiger charge is -2.32. The van der Waals surface area contributed by atoms with E-state index in [9.17, 15) is 24.0 Å². The molecule has 3 aliphatic heterocycles. The minimum atomic E-state index is -1.14. The van der Waals surface area contributed by atoms with Crippen LogP contribution in [0.5, 0.6) is 0 Å². The Balaban J connectivity index is 0.949. The lowest BCUT2D eigenvalue weighted by Crippen LogP contribution is -2.56. The zero-order valence-corrected chi connectivity index (χ0v) is 31.4. The third kappa shape index (κ3) is 8.68. The van der Waals surface area contributed by atoms with E-state index < -0.39 is 28.5 Å². The second kappa shape index (κ2) is 13.7. The maximum Gasteiger partial charge on any atom is 0.408 e. The molecule has 6 rings (SSSR count). The normalized spacial score (nSPS) is 24.2. The topological polar surface area (TPSA) is 167 Å². The van der Waals surface area contributed by atoms with Gasteiger partial charge in [0.2, 0.25) is 5.91 Å². The molecule has 1 saturated carbocycles. The zero-order chi connectivity index (χ0) is 37.7. The van der Waals surface area contributed by atoms with Crippen molar-refractivity contribution >= 4 is 29.9 Å². The molecule has 0 spiro atoms. The van der Waals surface area contributed by atoms with Crippen LogP contribution in [0.25, 0.3) is 5.69 Å². The number of likely N-dealkylation sites (tertiary alicyclic amines) is 3. The third-order valence-electron chi connectivity index (χ3n) is 10.0. The highest BCUT2D eigenvalue weighted by molar-refractivity contribution is 5.90. The summed E-state index contributed by atoms with van der Waals surface area (Å²) in [6, 6.07) is 9.18. The number of nitrogens with one attached hydrogen (secondary N) is 3. The molecule has 1 aliphatic carbocycles. The molecule has 3 saturated heterocycles. The second-order valence-corrected chi connectivity index (χ2v) is 17.1. The molecule has 1 aromatic carbocycles. The van der Waals surface area contributed by atoms with Gasteiger partial charge in [0.25, 0.3) is 0 Å². The molecule has 3 N–H and O–H groups in total. The molecule has 2 aromatic rings. The number of nitrogens with zero attached hydrogens (tertiary/aromatic N) is 5. The van der Waals surface area contributed by atoms with E-state index in [1.807, 2.05) is 45.0 Å². The number of fused-ring (bicyclic) bond motifs is 2. The molecule has 15 heteroatoms. The number of carbonyl (C=O) groups is 4. The van der Waals surface area contributed by atoms with Crippen molar-refractivity contribution in [3.05, 3.63) is 52.6 Å². The highest BCUT2D eigenvalue weighted by Crippen LogP contribution is 2.46. The van der Waals surface area contributed by atoms with Crippen LogP contribution in [0, 0.1) is 23.7 Å². The lowest BCUT2D eigenvalue weighted by molar-refractivity contribution is -0.136. The SMILES string of the molecule is CC(C)(C)OC(=O)NC1C2CN(Cc3ccc(-n4ccc(NC(=O)N5C[C@@H]6CN(C(=O)C(C)(C)NC(=O)OC(C)(C)C)C[C@@H]6C5)nc4=O)cc3)CC21. The summed E-state index contributed by atoms with van der Waals surface area (Å²) in [7, 11) is 0. The smallest absolute Gasteiger partial charge is 0.408 e. The molecule has 52 heavy (non-hydrogen) atoms. The quantitative estimate of drug-likeness (QED) is 0.389. The van der Waals surface area contributed by atoms with Crippen LogP contribution >= 0.6 is 0 Å². The zero-order valence-electron chi connectivity index (χ0n) is 31.4. The number of carbonyl (C=O) groups excluding carboxylic acids is 4. The summed E-state index contributed by atoms with van der Waals surface area (Å²) in [4.78, 5) is 73.7. The number of aromatic nitrogens is 2. The van der Waals surface area contributed by atoms with Gasteiger partial charge in [-0.3, -0.25) is 19.6 Å². The van der Waals surface area contributed by atoms with E-state index in [-0.39, 0.29) is 41.7 Å². The Morgan fingerprint density at radius 2 is 1.33 bits per heavy atom. The monoisotopic (exact) mass is 720 g/mol. The Morgan fingerprint density at radius 1 is 0.769 bits per heavy atom. The third-order valence-corrected chi connectivity index (χ3v) is 10.0. The van der Waals surface area contributed by atoms with Crippen molar-refractivity contribution in [3.8, 4) is 5.69 Å². The van der Waals surface area contributed by atoms with Crippen LogP contribution in [0.3, 0.4) is 0 Å². The van der Waals surface area contributed by atoms with Crippen LogP contribution in [-0.2, 0) is 20.8 Å². The number of anilines is 1. The van der Waals surface area contributed by atoms with E-state index in [0.717, 1.165) is 25.2 Å². The Labute approximate surface area is 304 Å². The van der Waals surface area contributed by atoms with E-state index >= 15 is 0 Å². The molecule has 282 valence electrons. The Kier molecular flexibility index (Phi) is 9.79. The summed E-state index contributed by atoms with van der Waals surface area (Å²) in [6.07, 6.45) is 0.591. The van der Waals surface area contributed by atoms with Crippen LogP contribution in [0.4, 0.5) is 20.2 Å². The molecule has 4 heterocycles. The number of hydrogen-bond donors (Lipinski definition) is 3. The molecule has 1 aromatic heterocycles. The first-order valence-electron chi connectivity index (χ1n) is 18.0. The van der Waals surface area contributed by atoms with E-state index in [1.165, 1.54) is 4.57 Å². The number of hydrogen-bond acceptors (Lipinski definition) is 9. The van der Waals surface area contributed by atoms with Crippen LogP contribution in [0.1, 0.15) is 61.0 Å². The van der Waals surface area contributed by atoms with Crippen molar-refractivity contribution in [2.45, 2.75) is 84.7 Å². The first kappa shape index (κ1) is 37.1. The van der Waals surface area contributed by atoms with Gasteiger partial charge < -0.3 is 29.9 Å². The summed E-state index contributed by atoms with van der Waals surface area (Å²) in [5.41, 5.74) is -1.06. The Morgan fingerprint density at radius 3 is 1.88 bits per heavy atom. The maximum atomic E-state index is 13.3. The number of alkyl carbamates (subject to hydrolysis) is 2. The molecule has 4 fully saturated rings. The van der Waals surface area contributed by atoms with Gasteiger partial charge in [-0.25, -0.2) is 19.2 Å². The minimum absolute atomic E-state index is 0.102. The standard InChI is InChI=1S/C37H52N8O7/c1-35(2,3)51-33(49)40-29-26-20-42(21-27(26)29)15-22-9-11-25(12-10-22)45-14-13-28(39-32(45)48)38-31(47)44-18-23-16-43(17-24(23)19-44)30(46)37(7,8)41-34(50)52-36(4,5)6/h9-14,23-24,26-27,29H,15-21H2,1-8H3,(H,40,49)(H,41,50)(H,38,39,47,48)/t23-,24+,26?,27?,29?. The largest absolute Gasteiger partial charge is 0.444 e. The number of rotatable bonds is 7. The van der Waals surface area contributed by atoms with Crippen molar-refractivity contribution < 1.29 is 28.7 Å². The van der Waals surface area contributed by atoms with Crippen LogP contribution in [0.2, 0.25) is 0 Å². The Hall–Kier alpha value is -4.66.